The average molecular weight is 592 g/mol. The first-order valence-electron chi connectivity index (χ1n) is 15.0. The minimum Gasteiger partial charge on any atom is -0.383 e. The van der Waals surface area contributed by atoms with Crippen molar-refractivity contribution in [2.24, 2.45) is 0 Å². The molecule has 1 saturated heterocycles. The number of carbonyl (C=O) groups excluding carboxylic acids is 1. The van der Waals surface area contributed by atoms with Crippen molar-refractivity contribution in [1.82, 2.24) is 24.8 Å². The lowest BCUT2D eigenvalue weighted by molar-refractivity contribution is 0.0984. The van der Waals surface area contributed by atoms with Crippen LogP contribution in [0.25, 0.3) is 21.1 Å². The molecule has 0 atom stereocenters. The van der Waals surface area contributed by atoms with Crippen LogP contribution in [0.5, 0.6) is 0 Å². The van der Waals surface area contributed by atoms with Crippen LogP contribution < -0.4 is 10.6 Å². The summed E-state index contributed by atoms with van der Waals surface area (Å²) in [6.07, 6.45) is 7.82. The van der Waals surface area contributed by atoms with Crippen LogP contribution >= 0.6 is 11.3 Å². The summed E-state index contributed by atoms with van der Waals surface area (Å²) in [5.41, 5.74) is 12.4. The number of nitrogens with two attached hydrogens (primary N) is 1. The highest BCUT2D eigenvalue weighted by Crippen LogP contribution is 2.38. The Morgan fingerprint density at radius 1 is 0.977 bits per heavy atom. The van der Waals surface area contributed by atoms with Crippen LogP contribution in [0.4, 0.5) is 11.5 Å². The van der Waals surface area contributed by atoms with Gasteiger partial charge in [0.25, 0.3) is 5.91 Å². The number of thiazole rings is 1. The molecule has 1 aliphatic carbocycles. The van der Waals surface area contributed by atoms with Crippen molar-refractivity contribution in [2.45, 2.75) is 57.3 Å². The summed E-state index contributed by atoms with van der Waals surface area (Å²) in [7, 11) is 2.18. The van der Waals surface area contributed by atoms with Gasteiger partial charge in [-0.05, 0) is 81.2 Å². The van der Waals surface area contributed by atoms with Gasteiger partial charge >= 0.3 is 0 Å². The summed E-state index contributed by atoms with van der Waals surface area (Å²) in [5, 5.41) is 2.23. The Kier molecular flexibility index (Phi) is 6.58. The number of likely N-dealkylation sites (tertiary alicyclic amines) is 1. The lowest BCUT2D eigenvalue weighted by Gasteiger charge is -2.27. The van der Waals surface area contributed by atoms with Gasteiger partial charge in [0.15, 0.2) is 0 Å². The number of anilines is 2. The Morgan fingerprint density at radius 2 is 1.77 bits per heavy atom. The van der Waals surface area contributed by atoms with Gasteiger partial charge in [0.05, 0.1) is 46.1 Å². The maximum absolute atomic E-state index is 14.1. The van der Waals surface area contributed by atoms with E-state index >= 15 is 0 Å². The van der Waals surface area contributed by atoms with E-state index < -0.39 is 0 Å². The number of amides is 1. The van der Waals surface area contributed by atoms with Crippen molar-refractivity contribution in [3.05, 3.63) is 81.9 Å². The molecule has 0 radical (unpaired) electrons. The lowest BCUT2D eigenvalue weighted by Crippen LogP contribution is -2.30. The van der Waals surface area contributed by atoms with E-state index in [0.29, 0.717) is 43.0 Å². The molecule has 0 bridgehead atoms. The third kappa shape index (κ3) is 5.03. The zero-order valence-electron chi connectivity index (χ0n) is 24.1. The van der Waals surface area contributed by atoms with Crippen LogP contribution in [0.15, 0.2) is 48.8 Å². The minimum atomic E-state index is -0.142. The maximum Gasteiger partial charge on any atom is 0.261 e. The molecule has 2 fully saturated rings. The van der Waals surface area contributed by atoms with Crippen molar-refractivity contribution in [3.63, 3.8) is 0 Å². The number of aromatic nitrogens is 4. The molecule has 8 rings (SSSR count). The van der Waals surface area contributed by atoms with Crippen LogP contribution in [0, 0.1) is 0 Å². The van der Waals surface area contributed by atoms with Crippen molar-refractivity contribution in [3.8, 4) is 0 Å². The van der Waals surface area contributed by atoms with Gasteiger partial charge in [-0.3, -0.25) is 4.79 Å². The van der Waals surface area contributed by atoms with E-state index in [1.54, 1.807) is 23.7 Å². The standard InChI is InChI=1S/C33H33N7O2S/c1-39-10-8-21(9-11-39)32-38-27-7-5-23(13-29(27)43-32)40(33(41)22-14-35-31(36-15-22)20-3-4-20)16-19-2-6-24-25-17-42-18-26(25)30(34)37-28(24)12-19/h2,5-7,12-15,20-21H,3-4,8-11,16-18H2,1H3,(H2,34,37). The molecule has 1 saturated carbocycles. The molecule has 5 heterocycles. The number of fused-ring (bicyclic) bond motifs is 4. The molecule has 2 N–H and O–H groups in total. The average Bonchev–Trinajstić information content (AvgIpc) is 3.59. The predicted octanol–water partition coefficient (Wildman–Crippen LogP) is 5.78. The summed E-state index contributed by atoms with van der Waals surface area (Å²) in [5.74, 6) is 2.11. The van der Waals surface area contributed by atoms with Gasteiger partial charge in [0.2, 0.25) is 0 Å². The summed E-state index contributed by atoms with van der Waals surface area (Å²) >= 11 is 1.75. The van der Waals surface area contributed by atoms with Crippen molar-refractivity contribution >= 4 is 49.9 Å². The number of hydrogen-bond donors (Lipinski definition) is 1. The van der Waals surface area contributed by atoms with E-state index in [1.807, 2.05) is 23.1 Å². The fourth-order valence-corrected chi connectivity index (χ4v) is 7.44. The van der Waals surface area contributed by atoms with Crippen LogP contribution in [-0.2, 0) is 24.5 Å². The molecule has 5 aromatic rings. The third-order valence-electron chi connectivity index (χ3n) is 9.01. The first-order valence-corrected chi connectivity index (χ1v) is 15.8. The van der Waals surface area contributed by atoms with Crippen LogP contribution in [0.2, 0.25) is 0 Å². The third-order valence-corrected chi connectivity index (χ3v) is 10.2. The van der Waals surface area contributed by atoms with E-state index in [2.05, 4.69) is 45.1 Å². The number of hydrogen-bond acceptors (Lipinski definition) is 9. The Morgan fingerprint density at radius 3 is 2.56 bits per heavy atom. The van der Waals surface area contributed by atoms with E-state index in [0.717, 1.165) is 88.1 Å². The number of nitrogen functional groups attached to an aromatic ring is 1. The first-order chi connectivity index (χ1) is 21.0. The van der Waals surface area contributed by atoms with Crippen molar-refractivity contribution < 1.29 is 9.53 Å². The highest BCUT2D eigenvalue weighted by molar-refractivity contribution is 7.18. The smallest absolute Gasteiger partial charge is 0.261 e. The van der Waals surface area contributed by atoms with Gasteiger partial charge in [-0.2, -0.15) is 0 Å². The van der Waals surface area contributed by atoms with Gasteiger partial charge in [0, 0.05) is 40.9 Å². The molecule has 2 aliphatic heterocycles. The molecular formula is C33H33N7O2S. The second-order valence-corrected chi connectivity index (χ2v) is 13.1. The molecule has 43 heavy (non-hydrogen) atoms. The Hall–Kier alpha value is -3.99. The molecular weight excluding hydrogens is 558 g/mol. The zero-order valence-corrected chi connectivity index (χ0v) is 24.9. The normalized spacial score (nSPS) is 17.5. The fraction of sp³-hybridized carbons (Fsp3) is 0.364. The molecule has 0 spiro atoms. The van der Waals surface area contributed by atoms with E-state index in [1.165, 1.54) is 5.01 Å². The summed E-state index contributed by atoms with van der Waals surface area (Å²) < 4.78 is 6.74. The zero-order chi connectivity index (χ0) is 29.1. The van der Waals surface area contributed by atoms with Gasteiger partial charge in [0.1, 0.15) is 11.6 Å². The van der Waals surface area contributed by atoms with Crippen LogP contribution in [0.3, 0.4) is 0 Å². The molecule has 218 valence electrons. The monoisotopic (exact) mass is 591 g/mol. The number of carbonyl (C=O) groups is 1. The van der Waals surface area contributed by atoms with Crippen LogP contribution in [-0.4, -0.2) is 50.9 Å². The number of benzene rings is 2. The summed E-state index contributed by atoms with van der Waals surface area (Å²) in [6.45, 7) is 3.58. The highest BCUT2D eigenvalue weighted by atomic mass is 32.1. The molecule has 1 amide bonds. The van der Waals surface area contributed by atoms with E-state index in [9.17, 15) is 4.79 Å². The first kappa shape index (κ1) is 26.6. The summed E-state index contributed by atoms with van der Waals surface area (Å²) in [6, 6.07) is 12.3. The second-order valence-electron chi connectivity index (χ2n) is 12.1. The molecule has 2 aromatic carbocycles. The molecule has 0 unspecified atom stereocenters. The quantitative estimate of drug-likeness (QED) is 0.265. The Labute approximate surface area is 253 Å². The lowest BCUT2D eigenvalue weighted by atomic mass is 9.98. The number of rotatable bonds is 6. The maximum atomic E-state index is 14.1. The van der Waals surface area contributed by atoms with E-state index in [-0.39, 0.29) is 5.91 Å². The topological polar surface area (TPSA) is 110 Å². The summed E-state index contributed by atoms with van der Waals surface area (Å²) in [4.78, 5) is 37.0. The van der Waals surface area contributed by atoms with Gasteiger partial charge in [-0.25, -0.2) is 19.9 Å². The number of nitrogens with zero attached hydrogens (tertiary/aromatic N) is 6. The SMILES string of the molecule is CN1CCC(c2nc3ccc(N(Cc4ccc5c6c(c(N)nc5c4)COC6)C(=O)c4cnc(C5CC5)nc4)cc3s2)CC1. The minimum absolute atomic E-state index is 0.142. The Bertz CT molecular complexity index is 1860. The molecule has 10 heteroatoms. The van der Waals surface area contributed by atoms with Gasteiger partial charge in [-0.15, -0.1) is 11.3 Å². The van der Waals surface area contributed by atoms with Crippen molar-refractivity contribution in [2.75, 3.05) is 30.8 Å². The van der Waals surface area contributed by atoms with E-state index in [4.69, 9.17) is 15.5 Å². The number of ether oxygens (including phenoxy) is 1. The largest absolute Gasteiger partial charge is 0.383 e. The number of piperidine rings is 1. The second kappa shape index (κ2) is 10.6. The fourth-order valence-electron chi connectivity index (χ4n) is 6.27. The van der Waals surface area contributed by atoms with Crippen LogP contribution in [0.1, 0.15) is 75.4 Å². The van der Waals surface area contributed by atoms with Gasteiger partial charge in [-0.1, -0.05) is 12.1 Å². The molecule has 3 aliphatic rings. The Balaban J connectivity index is 1.15. The van der Waals surface area contributed by atoms with Gasteiger partial charge < -0.3 is 20.3 Å². The predicted molar refractivity (Wildman–Crippen MR) is 168 cm³/mol. The molecule has 3 aromatic heterocycles. The van der Waals surface area contributed by atoms with Crippen molar-refractivity contribution in [1.29, 1.82) is 0 Å². The molecule has 9 nitrogen and oxygen atoms in total. The number of pyridine rings is 1. The highest BCUT2D eigenvalue weighted by Gasteiger charge is 2.28.